The van der Waals surface area contributed by atoms with E-state index in [1.165, 1.54) is 0 Å². The summed E-state index contributed by atoms with van der Waals surface area (Å²) in [6, 6.07) is 7.46. The number of carboxylic acid groups (broad SMARTS) is 1. The lowest BCUT2D eigenvalue weighted by atomic mass is 10.0. The minimum absolute atomic E-state index is 0.125. The fourth-order valence-electron chi connectivity index (χ4n) is 3.36. The Balaban J connectivity index is 2.60. The predicted octanol–water partition coefficient (Wildman–Crippen LogP) is 0.194. The second kappa shape index (κ2) is 16.6. The van der Waals surface area contributed by atoms with E-state index in [2.05, 4.69) is 12.2 Å². The Bertz CT molecular complexity index is 646. The monoisotopic (exact) mass is 472 g/mol. The van der Waals surface area contributed by atoms with Gasteiger partial charge in [0, 0.05) is 13.1 Å². The van der Waals surface area contributed by atoms with Crippen LogP contribution in [-0.4, -0.2) is 105 Å². The van der Waals surface area contributed by atoms with Crippen molar-refractivity contribution in [2.45, 2.75) is 63.4 Å². The molecule has 33 heavy (non-hydrogen) atoms. The molecule has 190 valence electrons. The molecule has 4 unspecified atom stereocenters. The van der Waals surface area contributed by atoms with E-state index in [9.17, 15) is 25.2 Å². The molecule has 1 aromatic carbocycles. The highest BCUT2D eigenvalue weighted by molar-refractivity contribution is 5.64. The van der Waals surface area contributed by atoms with E-state index in [0.717, 1.165) is 37.8 Å². The summed E-state index contributed by atoms with van der Waals surface area (Å²) in [5.74, 6) is 0.636. The number of hydrogen-bond acceptors (Lipinski definition) is 8. The van der Waals surface area contributed by atoms with Gasteiger partial charge in [0.15, 0.2) is 0 Å². The Morgan fingerprint density at radius 1 is 1.00 bits per heavy atom. The van der Waals surface area contributed by atoms with Gasteiger partial charge in [0.2, 0.25) is 0 Å². The number of carbonyl (C=O) groups is 1. The number of unbranched alkanes of at least 4 members (excludes halogenated alkanes) is 3. The minimum Gasteiger partial charge on any atom is -0.492 e. The summed E-state index contributed by atoms with van der Waals surface area (Å²) >= 11 is 0. The molecule has 0 heterocycles. The van der Waals surface area contributed by atoms with Crippen LogP contribution >= 0.6 is 0 Å². The van der Waals surface area contributed by atoms with Crippen LogP contribution in [0.25, 0.3) is 0 Å². The van der Waals surface area contributed by atoms with Crippen molar-refractivity contribution in [1.29, 1.82) is 0 Å². The van der Waals surface area contributed by atoms with Crippen LogP contribution in [0.5, 0.6) is 5.75 Å². The molecule has 0 aliphatic heterocycles. The molecule has 1 aromatic rings. The third kappa shape index (κ3) is 12.2. The van der Waals surface area contributed by atoms with Crippen LogP contribution in [-0.2, 0) is 6.42 Å². The van der Waals surface area contributed by atoms with Gasteiger partial charge in [0.05, 0.1) is 19.3 Å². The molecular weight excluding hydrogens is 432 g/mol. The molecule has 0 spiro atoms. The Labute approximate surface area is 195 Å². The number of aliphatic hydroxyl groups excluding tert-OH is 5. The molecule has 0 radical (unpaired) electrons. The van der Waals surface area contributed by atoms with Gasteiger partial charge in [-0.3, -0.25) is 0 Å². The Morgan fingerprint density at radius 2 is 1.67 bits per heavy atom. The Kier molecular flexibility index (Phi) is 14.7. The van der Waals surface area contributed by atoms with Gasteiger partial charge in [-0.05, 0) is 37.1 Å². The number of rotatable bonds is 18. The topological polar surface area (TPSA) is 163 Å². The quantitative estimate of drug-likeness (QED) is 0.148. The number of ether oxygens (including phenoxy) is 1. The first-order valence-corrected chi connectivity index (χ1v) is 11.5. The first kappa shape index (κ1) is 29.1. The van der Waals surface area contributed by atoms with E-state index in [1.807, 2.05) is 29.2 Å². The first-order chi connectivity index (χ1) is 15.8. The zero-order chi connectivity index (χ0) is 24.6. The maximum Gasteiger partial charge on any atom is 0.404 e. The summed E-state index contributed by atoms with van der Waals surface area (Å²) < 4.78 is 5.48. The summed E-state index contributed by atoms with van der Waals surface area (Å²) in [7, 11) is 0. The van der Waals surface area contributed by atoms with Crippen molar-refractivity contribution in [2.24, 2.45) is 0 Å². The van der Waals surface area contributed by atoms with E-state index in [4.69, 9.17) is 14.9 Å². The fourth-order valence-corrected chi connectivity index (χ4v) is 3.36. The van der Waals surface area contributed by atoms with E-state index in [-0.39, 0.29) is 19.7 Å². The number of hydrogen-bond donors (Lipinski definition) is 7. The molecule has 0 aliphatic rings. The average molecular weight is 473 g/mol. The molecule has 1 amide bonds. The molecule has 0 saturated carbocycles. The van der Waals surface area contributed by atoms with Gasteiger partial charge in [-0.1, -0.05) is 38.3 Å². The summed E-state index contributed by atoms with van der Waals surface area (Å²) in [5, 5.41) is 59.6. The lowest BCUT2D eigenvalue weighted by molar-refractivity contribution is -0.119. The zero-order valence-electron chi connectivity index (χ0n) is 19.3. The van der Waals surface area contributed by atoms with Gasteiger partial charge >= 0.3 is 6.09 Å². The molecule has 0 aromatic heterocycles. The molecule has 4 atom stereocenters. The number of benzene rings is 1. The van der Waals surface area contributed by atoms with Crippen LogP contribution in [0.2, 0.25) is 0 Å². The smallest absolute Gasteiger partial charge is 0.404 e. The van der Waals surface area contributed by atoms with E-state index in [0.29, 0.717) is 18.7 Å². The third-order valence-electron chi connectivity index (χ3n) is 5.39. The van der Waals surface area contributed by atoms with E-state index >= 15 is 0 Å². The maximum absolute atomic E-state index is 10.4. The van der Waals surface area contributed by atoms with Gasteiger partial charge in [0.1, 0.15) is 30.7 Å². The Morgan fingerprint density at radius 3 is 2.27 bits per heavy atom. The fraction of sp³-hybridized carbons (Fsp3) is 0.696. The molecule has 0 fully saturated rings. The minimum atomic E-state index is -1.63. The number of nitrogens with zero attached hydrogens (tertiary/aromatic N) is 1. The van der Waals surface area contributed by atoms with Crippen LogP contribution in [0, 0.1) is 0 Å². The molecule has 0 bridgehead atoms. The molecular formula is C23H40N2O8. The predicted molar refractivity (Wildman–Crippen MR) is 123 cm³/mol. The van der Waals surface area contributed by atoms with Gasteiger partial charge < -0.3 is 45.6 Å². The second-order valence-corrected chi connectivity index (χ2v) is 8.13. The van der Waals surface area contributed by atoms with Crippen molar-refractivity contribution in [3.05, 3.63) is 29.8 Å². The Hall–Kier alpha value is -1.95. The molecule has 7 N–H and O–H groups in total. The molecule has 0 aliphatic carbocycles. The molecule has 10 nitrogen and oxygen atoms in total. The van der Waals surface area contributed by atoms with Gasteiger partial charge in [-0.25, -0.2) is 4.79 Å². The standard InChI is InChI=1S/C23H40N2O8/c1-2-3-4-5-12-25(15-19(27)21(29)22(30)20(28)16-26)13-10-17-6-8-18(9-7-17)33-14-11-24-23(31)32/h6-9,19-22,24,26-30H,2-5,10-16H2,1H3,(H,31,32). The molecule has 0 saturated heterocycles. The molecule has 10 heteroatoms. The highest BCUT2D eigenvalue weighted by Gasteiger charge is 2.30. The van der Waals surface area contributed by atoms with Crippen LogP contribution < -0.4 is 10.1 Å². The van der Waals surface area contributed by atoms with Crippen LogP contribution in [0.4, 0.5) is 4.79 Å². The summed E-state index contributed by atoms with van der Waals surface area (Å²) in [6.07, 6.45) is -2.19. The number of nitrogens with one attached hydrogen (secondary N) is 1. The van der Waals surface area contributed by atoms with E-state index in [1.54, 1.807) is 0 Å². The lowest BCUT2D eigenvalue weighted by Crippen LogP contribution is -2.50. The number of aliphatic hydroxyl groups is 5. The van der Waals surface area contributed by atoms with Gasteiger partial charge in [0.25, 0.3) is 0 Å². The van der Waals surface area contributed by atoms with Crippen LogP contribution in [0.3, 0.4) is 0 Å². The SMILES string of the molecule is CCCCCCN(CCc1ccc(OCCNC(=O)O)cc1)CC(O)C(O)C(O)C(O)CO. The lowest BCUT2D eigenvalue weighted by Gasteiger charge is -2.30. The maximum atomic E-state index is 10.4. The third-order valence-corrected chi connectivity index (χ3v) is 5.39. The largest absolute Gasteiger partial charge is 0.492 e. The van der Waals surface area contributed by atoms with Crippen molar-refractivity contribution >= 4 is 6.09 Å². The van der Waals surface area contributed by atoms with Gasteiger partial charge in [-0.15, -0.1) is 0 Å². The van der Waals surface area contributed by atoms with Crippen molar-refractivity contribution in [3.63, 3.8) is 0 Å². The van der Waals surface area contributed by atoms with Gasteiger partial charge in [-0.2, -0.15) is 0 Å². The van der Waals surface area contributed by atoms with Crippen molar-refractivity contribution < 1.29 is 40.2 Å². The van der Waals surface area contributed by atoms with E-state index < -0.39 is 37.1 Å². The second-order valence-electron chi connectivity index (χ2n) is 8.13. The average Bonchev–Trinajstić information content (AvgIpc) is 2.81. The van der Waals surface area contributed by atoms with Crippen LogP contribution in [0.1, 0.15) is 38.2 Å². The van der Waals surface area contributed by atoms with Crippen molar-refractivity contribution in [2.75, 3.05) is 39.4 Å². The van der Waals surface area contributed by atoms with Crippen molar-refractivity contribution in [1.82, 2.24) is 10.2 Å². The normalized spacial score (nSPS) is 15.1. The highest BCUT2D eigenvalue weighted by Crippen LogP contribution is 2.14. The summed E-state index contributed by atoms with van der Waals surface area (Å²) in [5.41, 5.74) is 1.05. The molecule has 1 rings (SSSR count). The summed E-state index contributed by atoms with van der Waals surface area (Å²) in [6.45, 7) is 3.32. The summed E-state index contributed by atoms with van der Waals surface area (Å²) in [4.78, 5) is 12.4. The zero-order valence-corrected chi connectivity index (χ0v) is 19.3. The first-order valence-electron chi connectivity index (χ1n) is 11.5. The van der Waals surface area contributed by atoms with Crippen molar-refractivity contribution in [3.8, 4) is 5.75 Å². The highest BCUT2D eigenvalue weighted by atomic mass is 16.5. The number of amides is 1. The van der Waals surface area contributed by atoms with Crippen LogP contribution in [0.15, 0.2) is 24.3 Å².